The third-order valence-corrected chi connectivity index (χ3v) is 4.66. The number of amides is 1. The molecule has 0 saturated heterocycles. The van der Waals surface area contributed by atoms with Gasteiger partial charge in [0.15, 0.2) is 5.82 Å². The van der Waals surface area contributed by atoms with Crippen LogP contribution >= 0.6 is 0 Å². The third kappa shape index (κ3) is 4.27. The molecule has 1 atom stereocenters. The number of nitrogens with zero attached hydrogens (tertiary/aromatic N) is 5. The molecule has 1 unspecified atom stereocenters. The molecule has 1 N–H and O–H groups in total. The van der Waals surface area contributed by atoms with Crippen LogP contribution in [0, 0.1) is 0 Å². The standard InChI is InChI=1S/C22H22N6O2/c1-3-7-19-26-22(30-27-19)17-10-11-23-20(12-17)28-13-18(24-14-28)21(29)25-15(2)16-8-5-4-6-9-16/h4-6,8-15H,3,7H2,1-2H3,(H,25,29). The highest BCUT2D eigenvalue weighted by molar-refractivity contribution is 5.92. The largest absolute Gasteiger partial charge is 0.344 e. The van der Waals surface area contributed by atoms with Crippen molar-refractivity contribution in [3.05, 3.63) is 78.3 Å². The summed E-state index contributed by atoms with van der Waals surface area (Å²) in [4.78, 5) is 25.6. The highest BCUT2D eigenvalue weighted by Crippen LogP contribution is 2.20. The molecular formula is C22H22N6O2. The van der Waals surface area contributed by atoms with Gasteiger partial charge in [0.25, 0.3) is 11.8 Å². The maximum absolute atomic E-state index is 12.6. The van der Waals surface area contributed by atoms with Crippen molar-refractivity contribution in [3.8, 4) is 17.3 Å². The van der Waals surface area contributed by atoms with Gasteiger partial charge in [-0.05, 0) is 31.0 Å². The second kappa shape index (κ2) is 8.69. The van der Waals surface area contributed by atoms with Crippen LogP contribution in [-0.4, -0.2) is 30.6 Å². The number of pyridine rings is 1. The number of nitrogens with one attached hydrogen (secondary N) is 1. The summed E-state index contributed by atoms with van der Waals surface area (Å²) in [5, 5.41) is 6.95. The van der Waals surface area contributed by atoms with Crippen molar-refractivity contribution < 1.29 is 9.32 Å². The molecule has 30 heavy (non-hydrogen) atoms. The van der Waals surface area contributed by atoms with Gasteiger partial charge in [0.05, 0.1) is 6.04 Å². The van der Waals surface area contributed by atoms with Crippen molar-refractivity contribution in [2.45, 2.75) is 32.7 Å². The number of hydrogen-bond donors (Lipinski definition) is 1. The van der Waals surface area contributed by atoms with Crippen molar-refractivity contribution in [1.82, 2.24) is 30.0 Å². The van der Waals surface area contributed by atoms with Gasteiger partial charge >= 0.3 is 0 Å². The molecule has 0 radical (unpaired) electrons. The molecule has 8 heteroatoms. The van der Waals surface area contributed by atoms with Gasteiger partial charge in [-0.1, -0.05) is 42.4 Å². The van der Waals surface area contributed by atoms with Crippen molar-refractivity contribution >= 4 is 5.91 Å². The number of hydrogen-bond acceptors (Lipinski definition) is 6. The van der Waals surface area contributed by atoms with Crippen molar-refractivity contribution in [1.29, 1.82) is 0 Å². The fraction of sp³-hybridized carbons (Fsp3) is 0.227. The summed E-state index contributed by atoms with van der Waals surface area (Å²) in [7, 11) is 0. The monoisotopic (exact) mass is 402 g/mol. The van der Waals surface area contributed by atoms with Crippen molar-refractivity contribution in [2.24, 2.45) is 0 Å². The Labute approximate surface area is 174 Å². The fourth-order valence-electron chi connectivity index (χ4n) is 3.05. The van der Waals surface area contributed by atoms with Crippen LogP contribution in [0.2, 0.25) is 0 Å². The molecule has 0 aliphatic heterocycles. The molecule has 1 aromatic carbocycles. The van der Waals surface area contributed by atoms with E-state index in [1.807, 2.05) is 43.3 Å². The molecule has 1 amide bonds. The zero-order chi connectivity index (χ0) is 20.9. The Balaban J connectivity index is 1.50. The predicted octanol–water partition coefficient (Wildman–Crippen LogP) is 3.76. The van der Waals surface area contributed by atoms with Gasteiger partial charge in [-0.25, -0.2) is 9.97 Å². The van der Waals surface area contributed by atoms with Gasteiger partial charge in [0, 0.05) is 24.4 Å². The lowest BCUT2D eigenvalue weighted by molar-refractivity contribution is 0.0935. The quantitative estimate of drug-likeness (QED) is 0.505. The molecule has 152 valence electrons. The third-order valence-electron chi connectivity index (χ3n) is 4.66. The molecule has 0 saturated carbocycles. The average Bonchev–Trinajstić information content (AvgIpc) is 3.45. The van der Waals surface area contributed by atoms with E-state index in [1.165, 1.54) is 0 Å². The SMILES string of the molecule is CCCc1noc(-c2ccnc(-n3cnc(C(=O)NC(C)c4ccccc4)c3)c2)n1. The van der Waals surface area contributed by atoms with Gasteiger partial charge in [0.2, 0.25) is 0 Å². The van der Waals surface area contributed by atoms with Gasteiger partial charge in [-0.3, -0.25) is 9.36 Å². The first-order chi connectivity index (χ1) is 14.6. The van der Waals surface area contributed by atoms with E-state index in [9.17, 15) is 4.79 Å². The maximum Gasteiger partial charge on any atom is 0.271 e. The van der Waals surface area contributed by atoms with Crippen LogP contribution in [0.3, 0.4) is 0 Å². The Bertz CT molecular complexity index is 1140. The molecule has 0 spiro atoms. The van der Waals surface area contributed by atoms with E-state index in [-0.39, 0.29) is 11.9 Å². The van der Waals surface area contributed by atoms with Gasteiger partial charge in [0.1, 0.15) is 17.8 Å². The predicted molar refractivity (Wildman–Crippen MR) is 111 cm³/mol. The van der Waals surface area contributed by atoms with Crippen LogP contribution in [0.4, 0.5) is 0 Å². The molecule has 4 rings (SSSR count). The first-order valence-corrected chi connectivity index (χ1v) is 9.83. The number of benzene rings is 1. The van der Waals surface area contributed by atoms with E-state index in [2.05, 4.69) is 32.3 Å². The van der Waals surface area contributed by atoms with Crippen molar-refractivity contribution in [3.63, 3.8) is 0 Å². The van der Waals surface area contributed by atoms with E-state index in [4.69, 9.17) is 4.52 Å². The lowest BCUT2D eigenvalue weighted by Crippen LogP contribution is -2.26. The Morgan fingerprint density at radius 1 is 1.20 bits per heavy atom. The summed E-state index contributed by atoms with van der Waals surface area (Å²) in [6, 6.07) is 13.3. The Morgan fingerprint density at radius 2 is 2.03 bits per heavy atom. The summed E-state index contributed by atoms with van der Waals surface area (Å²) in [5.74, 6) is 1.48. The summed E-state index contributed by atoms with van der Waals surface area (Å²) in [6.07, 6.45) is 6.58. The molecule has 0 fully saturated rings. The molecule has 0 aliphatic rings. The second-order valence-electron chi connectivity index (χ2n) is 6.94. The minimum absolute atomic E-state index is 0.125. The smallest absolute Gasteiger partial charge is 0.271 e. The lowest BCUT2D eigenvalue weighted by Gasteiger charge is -2.13. The van der Waals surface area contributed by atoms with Crippen LogP contribution in [0.25, 0.3) is 17.3 Å². The average molecular weight is 402 g/mol. The molecule has 4 aromatic rings. The summed E-state index contributed by atoms with van der Waals surface area (Å²) in [5.41, 5.74) is 2.10. The number of rotatable bonds is 7. The molecule has 8 nitrogen and oxygen atoms in total. The van der Waals surface area contributed by atoms with E-state index in [0.29, 0.717) is 23.2 Å². The van der Waals surface area contributed by atoms with E-state index < -0.39 is 0 Å². The number of carbonyl (C=O) groups excluding carboxylic acids is 1. The van der Waals surface area contributed by atoms with Gasteiger partial charge in [-0.2, -0.15) is 4.98 Å². The second-order valence-corrected chi connectivity index (χ2v) is 6.94. The number of carbonyl (C=O) groups is 1. The Hall–Kier alpha value is -3.81. The minimum atomic E-state index is -0.248. The van der Waals surface area contributed by atoms with Crippen LogP contribution in [0.1, 0.15) is 48.2 Å². The van der Waals surface area contributed by atoms with Crippen molar-refractivity contribution in [2.75, 3.05) is 0 Å². The fourth-order valence-corrected chi connectivity index (χ4v) is 3.05. The molecule has 0 aliphatic carbocycles. The maximum atomic E-state index is 12.6. The van der Waals surface area contributed by atoms with E-state index in [1.54, 1.807) is 29.4 Å². The summed E-state index contributed by atoms with van der Waals surface area (Å²) in [6.45, 7) is 4.00. The zero-order valence-corrected chi connectivity index (χ0v) is 16.8. The molecular weight excluding hydrogens is 380 g/mol. The van der Waals surface area contributed by atoms with E-state index in [0.717, 1.165) is 24.0 Å². The number of imidazole rings is 1. The molecule has 0 bridgehead atoms. The van der Waals surface area contributed by atoms with Crippen LogP contribution in [0.15, 0.2) is 65.7 Å². The topological polar surface area (TPSA) is 98.7 Å². The Morgan fingerprint density at radius 3 is 2.83 bits per heavy atom. The normalized spacial score (nSPS) is 11.9. The van der Waals surface area contributed by atoms with Gasteiger partial charge < -0.3 is 9.84 Å². The Kier molecular flexibility index (Phi) is 5.65. The number of aryl methyl sites for hydroxylation is 1. The lowest BCUT2D eigenvalue weighted by atomic mass is 10.1. The molecule has 3 aromatic heterocycles. The van der Waals surface area contributed by atoms with Gasteiger partial charge in [-0.15, -0.1) is 0 Å². The first-order valence-electron chi connectivity index (χ1n) is 9.83. The van der Waals surface area contributed by atoms with Crippen LogP contribution < -0.4 is 5.32 Å². The molecule has 3 heterocycles. The summed E-state index contributed by atoms with van der Waals surface area (Å²) >= 11 is 0. The minimum Gasteiger partial charge on any atom is -0.344 e. The first kappa shape index (κ1) is 19.5. The van der Waals surface area contributed by atoms with Crippen LogP contribution in [0.5, 0.6) is 0 Å². The number of aromatic nitrogens is 5. The van der Waals surface area contributed by atoms with E-state index >= 15 is 0 Å². The zero-order valence-electron chi connectivity index (χ0n) is 16.8. The highest BCUT2D eigenvalue weighted by atomic mass is 16.5. The highest BCUT2D eigenvalue weighted by Gasteiger charge is 2.15. The summed E-state index contributed by atoms with van der Waals surface area (Å²) < 4.78 is 7.03. The van der Waals surface area contributed by atoms with Crippen LogP contribution in [-0.2, 0) is 6.42 Å².